The largest absolute Gasteiger partial charge is 0.378 e. The molecule has 1 saturated carbocycles. The van der Waals surface area contributed by atoms with Crippen LogP contribution in [0.25, 0.3) is 11.3 Å². The van der Waals surface area contributed by atoms with E-state index in [2.05, 4.69) is 58.6 Å². The minimum atomic E-state index is 0.725. The Morgan fingerprint density at radius 2 is 1.64 bits per heavy atom. The molecule has 4 rings (SSSR count). The molecule has 1 aromatic carbocycles. The van der Waals surface area contributed by atoms with Crippen LogP contribution in [0.3, 0.4) is 0 Å². The molecule has 3 nitrogen and oxygen atoms in total. The van der Waals surface area contributed by atoms with Gasteiger partial charge in [-0.05, 0) is 69.2 Å². The fourth-order valence-electron chi connectivity index (χ4n) is 4.63. The normalized spacial score (nSPS) is 18.6. The Kier molecular flexibility index (Phi) is 4.82. The van der Waals surface area contributed by atoms with E-state index in [1.54, 1.807) is 5.82 Å². The second kappa shape index (κ2) is 7.23. The maximum absolute atomic E-state index is 2.67. The molecule has 3 heteroatoms. The molecule has 1 fully saturated rings. The van der Waals surface area contributed by atoms with Gasteiger partial charge >= 0.3 is 0 Å². The van der Waals surface area contributed by atoms with Crippen LogP contribution in [-0.4, -0.2) is 18.7 Å². The van der Waals surface area contributed by atoms with Crippen molar-refractivity contribution in [1.82, 2.24) is 4.57 Å². The van der Waals surface area contributed by atoms with Crippen molar-refractivity contribution in [2.45, 2.75) is 70.4 Å². The van der Waals surface area contributed by atoms with Gasteiger partial charge in [0.2, 0.25) is 0 Å². The summed E-state index contributed by atoms with van der Waals surface area (Å²) in [7, 11) is 4.21. The molecule has 0 saturated heterocycles. The van der Waals surface area contributed by atoms with Gasteiger partial charge in [-0.2, -0.15) is 0 Å². The van der Waals surface area contributed by atoms with Gasteiger partial charge in [0.1, 0.15) is 12.2 Å². The summed E-state index contributed by atoms with van der Waals surface area (Å²) in [5.74, 6) is 1.58. The number of aromatic nitrogens is 2. The molecular formula is C22H32N3+. The summed E-state index contributed by atoms with van der Waals surface area (Å²) >= 11 is 0. The van der Waals surface area contributed by atoms with Crippen molar-refractivity contribution in [2.24, 2.45) is 0 Å². The minimum Gasteiger partial charge on any atom is -0.378 e. The average Bonchev–Trinajstić information content (AvgIpc) is 2.84. The lowest BCUT2D eigenvalue weighted by Gasteiger charge is -2.20. The molecule has 0 amide bonds. The van der Waals surface area contributed by atoms with E-state index in [0.717, 1.165) is 6.04 Å². The summed E-state index contributed by atoms with van der Waals surface area (Å²) in [5, 5.41) is 0. The molecule has 2 aliphatic rings. The number of benzene rings is 1. The number of nitrogens with zero attached hydrogens (tertiary/aromatic N) is 3. The standard InChI is InChI=1S/C22H32N3/c1-23(2)19-14-12-18(13-15-19)21-17-25(20-9-5-3-6-10-20)22-11-7-4-8-16-24(21)22/h12-15,17,20H,3-11,16H2,1-2H3/q+1. The van der Waals surface area contributed by atoms with E-state index in [-0.39, 0.29) is 0 Å². The van der Waals surface area contributed by atoms with Gasteiger partial charge in [0.05, 0.1) is 6.54 Å². The molecule has 134 valence electrons. The van der Waals surface area contributed by atoms with Gasteiger partial charge in [-0.25, -0.2) is 9.13 Å². The summed E-state index contributed by atoms with van der Waals surface area (Å²) in [5.41, 5.74) is 4.06. The van der Waals surface area contributed by atoms with E-state index in [0.29, 0.717) is 0 Å². The third kappa shape index (κ3) is 3.33. The van der Waals surface area contributed by atoms with Crippen LogP contribution in [0.2, 0.25) is 0 Å². The molecule has 0 radical (unpaired) electrons. The Bertz CT molecular complexity index is 706. The molecule has 0 unspecified atom stereocenters. The molecule has 2 aromatic rings. The van der Waals surface area contributed by atoms with E-state index >= 15 is 0 Å². The summed E-state index contributed by atoms with van der Waals surface area (Å²) in [6, 6.07) is 9.82. The topological polar surface area (TPSA) is 12.1 Å². The highest BCUT2D eigenvalue weighted by atomic mass is 15.2. The number of hydrogen-bond acceptors (Lipinski definition) is 1. The molecule has 25 heavy (non-hydrogen) atoms. The van der Waals surface area contributed by atoms with E-state index in [1.165, 1.54) is 81.3 Å². The Hall–Kier alpha value is -1.77. The highest BCUT2D eigenvalue weighted by molar-refractivity contribution is 5.60. The maximum atomic E-state index is 2.67. The van der Waals surface area contributed by atoms with Crippen LogP contribution >= 0.6 is 0 Å². The number of imidazole rings is 1. The monoisotopic (exact) mass is 338 g/mol. The number of hydrogen-bond donors (Lipinski definition) is 0. The summed E-state index contributed by atoms with van der Waals surface area (Å²) < 4.78 is 5.30. The first-order chi connectivity index (χ1) is 12.2. The summed E-state index contributed by atoms with van der Waals surface area (Å²) in [6.45, 7) is 1.18. The van der Waals surface area contributed by atoms with Crippen molar-refractivity contribution in [3.05, 3.63) is 36.3 Å². The zero-order valence-electron chi connectivity index (χ0n) is 15.9. The second-order valence-electron chi connectivity index (χ2n) is 8.03. The Balaban J connectivity index is 1.75. The third-order valence-electron chi connectivity index (χ3n) is 6.09. The smallest absolute Gasteiger partial charge is 0.257 e. The molecule has 1 aliphatic heterocycles. The SMILES string of the molecule is CN(C)c1ccc(-c2cn(C3CCCCC3)c3[n+]2CCCCC3)cc1. The highest BCUT2D eigenvalue weighted by Crippen LogP contribution is 2.32. The van der Waals surface area contributed by atoms with Crippen LogP contribution in [0.4, 0.5) is 5.69 Å². The van der Waals surface area contributed by atoms with E-state index in [1.807, 2.05) is 0 Å². The number of anilines is 1. The van der Waals surface area contributed by atoms with Crippen molar-refractivity contribution in [1.29, 1.82) is 0 Å². The first kappa shape index (κ1) is 16.7. The molecule has 0 atom stereocenters. The first-order valence-electron chi connectivity index (χ1n) is 10.2. The van der Waals surface area contributed by atoms with E-state index < -0.39 is 0 Å². The van der Waals surface area contributed by atoms with Gasteiger partial charge < -0.3 is 4.90 Å². The van der Waals surface area contributed by atoms with Crippen LogP contribution < -0.4 is 9.47 Å². The molecule has 0 spiro atoms. The maximum Gasteiger partial charge on any atom is 0.257 e. The quantitative estimate of drug-likeness (QED) is 0.736. The lowest BCUT2D eigenvalue weighted by atomic mass is 9.95. The molecule has 0 N–H and O–H groups in total. The lowest BCUT2D eigenvalue weighted by molar-refractivity contribution is -0.692. The first-order valence-corrected chi connectivity index (χ1v) is 10.2. The highest BCUT2D eigenvalue weighted by Gasteiger charge is 2.30. The predicted molar refractivity (Wildman–Crippen MR) is 104 cm³/mol. The number of fused-ring (bicyclic) bond motifs is 1. The van der Waals surface area contributed by atoms with E-state index in [4.69, 9.17) is 0 Å². The van der Waals surface area contributed by atoms with Crippen LogP contribution in [0, 0.1) is 0 Å². The zero-order valence-corrected chi connectivity index (χ0v) is 15.9. The molecule has 1 aromatic heterocycles. The van der Waals surface area contributed by atoms with Gasteiger partial charge in [-0.3, -0.25) is 0 Å². The summed E-state index contributed by atoms with van der Waals surface area (Å²) in [4.78, 5) is 2.17. The van der Waals surface area contributed by atoms with Crippen molar-refractivity contribution in [2.75, 3.05) is 19.0 Å². The second-order valence-corrected chi connectivity index (χ2v) is 8.03. The lowest BCUT2D eigenvalue weighted by Crippen LogP contribution is -2.39. The average molecular weight is 339 g/mol. The van der Waals surface area contributed by atoms with Gasteiger partial charge in [-0.1, -0.05) is 6.42 Å². The summed E-state index contributed by atoms with van der Waals surface area (Å²) in [6.07, 6.45) is 14.7. The molecular weight excluding hydrogens is 306 g/mol. The van der Waals surface area contributed by atoms with Gasteiger partial charge in [0.25, 0.3) is 5.82 Å². The third-order valence-corrected chi connectivity index (χ3v) is 6.09. The number of rotatable bonds is 3. The van der Waals surface area contributed by atoms with E-state index in [9.17, 15) is 0 Å². The van der Waals surface area contributed by atoms with Crippen LogP contribution in [0.1, 0.15) is 63.2 Å². The Morgan fingerprint density at radius 3 is 2.36 bits per heavy atom. The molecule has 1 aliphatic carbocycles. The Labute approximate surface area is 152 Å². The van der Waals surface area contributed by atoms with Gasteiger partial charge in [0.15, 0.2) is 5.69 Å². The van der Waals surface area contributed by atoms with Crippen LogP contribution in [0.15, 0.2) is 30.5 Å². The van der Waals surface area contributed by atoms with Crippen molar-refractivity contribution < 1.29 is 4.57 Å². The van der Waals surface area contributed by atoms with Gasteiger partial charge in [0, 0.05) is 31.8 Å². The molecule has 0 bridgehead atoms. The van der Waals surface area contributed by atoms with Crippen LogP contribution in [0.5, 0.6) is 0 Å². The van der Waals surface area contributed by atoms with Crippen molar-refractivity contribution in [3.63, 3.8) is 0 Å². The van der Waals surface area contributed by atoms with Crippen molar-refractivity contribution in [3.8, 4) is 11.3 Å². The fraction of sp³-hybridized carbons (Fsp3) is 0.591. The fourth-order valence-corrected chi connectivity index (χ4v) is 4.63. The Morgan fingerprint density at radius 1 is 0.920 bits per heavy atom. The predicted octanol–water partition coefficient (Wildman–Crippen LogP) is 4.74. The van der Waals surface area contributed by atoms with Gasteiger partial charge in [-0.15, -0.1) is 0 Å². The van der Waals surface area contributed by atoms with Crippen LogP contribution in [-0.2, 0) is 13.0 Å². The van der Waals surface area contributed by atoms with Crippen molar-refractivity contribution >= 4 is 5.69 Å². The zero-order chi connectivity index (χ0) is 17.2. The minimum absolute atomic E-state index is 0.725. The molecule has 2 heterocycles.